The van der Waals surface area contributed by atoms with E-state index < -0.39 is 0 Å². The van der Waals surface area contributed by atoms with Crippen LogP contribution < -0.4 is 9.47 Å². The summed E-state index contributed by atoms with van der Waals surface area (Å²) in [6, 6.07) is 11.9. The van der Waals surface area contributed by atoms with Gasteiger partial charge < -0.3 is 14.2 Å². The SMILES string of the molecule is CCc1ccc(OCc2c(CC(=O)OC)cccc2OC)c(CC)c1. The molecule has 0 aliphatic rings. The molecule has 0 amide bonds. The summed E-state index contributed by atoms with van der Waals surface area (Å²) in [6.45, 7) is 4.60. The predicted molar refractivity (Wildman–Crippen MR) is 98.2 cm³/mol. The van der Waals surface area contributed by atoms with Crippen molar-refractivity contribution in [1.29, 1.82) is 0 Å². The van der Waals surface area contributed by atoms with E-state index in [1.54, 1.807) is 7.11 Å². The van der Waals surface area contributed by atoms with Crippen molar-refractivity contribution < 1.29 is 19.0 Å². The molecule has 0 aliphatic heterocycles. The summed E-state index contributed by atoms with van der Waals surface area (Å²) in [4.78, 5) is 11.7. The standard InChI is InChI=1S/C21H26O4/c1-5-15-10-11-19(16(6-2)12-15)25-14-18-17(13-21(22)24-4)8-7-9-20(18)23-3/h7-12H,5-6,13-14H2,1-4H3. The smallest absolute Gasteiger partial charge is 0.309 e. The van der Waals surface area contributed by atoms with Crippen molar-refractivity contribution in [3.05, 3.63) is 58.7 Å². The first-order valence-electron chi connectivity index (χ1n) is 8.59. The zero-order valence-corrected chi connectivity index (χ0v) is 15.4. The van der Waals surface area contributed by atoms with Gasteiger partial charge in [0.05, 0.1) is 20.6 Å². The third kappa shape index (κ3) is 4.75. The van der Waals surface area contributed by atoms with Gasteiger partial charge in [0.25, 0.3) is 0 Å². The van der Waals surface area contributed by atoms with E-state index in [9.17, 15) is 4.79 Å². The number of benzene rings is 2. The van der Waals surface area contributed by atoms with Gasteiger partial charge >= 0.3 is 5.97 Å². The Kier molecular flexibility index (Phi) is 6.87. The number of carbonyl (C=O) groups excluding carboxylic acids is 1. The first-order chi connectivity index (χ1) is 12.1. The van der Waals surface area contributed by atoms with Gasteiger partial charge in [-0.25, -0.2) is 0 Å². The lowest BCUT2D eigenvalue weighted by molar-refractivity contribution is -0.139. The van der Waals surface area contributed by atoms with Crippen LogP contribution >= 0.6 is 0 Å². The van der Waals surface area contributed by atoms with Gasteiger partial charge in [0, 0.05) is 5.56 Å². The maximum absolute atomic E-state index is 11.7. The summed E-state index contributed by atoms with van der Waals surface area (Å²) >= 11 is 0. The number of hydrogen-bond donors (Lipinski definition) is 0. The van der Waals surface area contributed by atoms with Crippen LogP contribution in [0.2, 0.25) is 0 Å². The molecular formula is C21H26O4. The fourth-order valence-corrected chi connectivity index (χ4v) is 2.78. The summed E-state index contributed by atoms with van der Waals surface area (Å²) < 4.78 is 16.3. The molecule has 0 unspecified atom stereocenters. The topological polar surface area (TPSA) is 44.8 Å². The third-order valence-corrected chi connectivity index (χ3v) is 4.30. The van der Waals surface area contributed by atoms with Crippen molar-refractivity contribution in [2.24, 2.45) is 0 Å². The number of methoxy groups -OCH3 is 2. The molecule has 0 atom stereocenters. The zero-order chi connectivity index (χ0) is 18.2. The minimum absolute atomic E-state index is 0.196. The van der Waals surface area contributed by atoms with E-state index in [-0.39, 0.29) is 12.4 Å². The molecular weight excluding hydrogens is 316 g/mol. The Balaban J connectivity index is 2.26. The van der Waals surface area contributed by atoms with Crippen LogP contribution in [0.15, 0.2) is 36.4 Å². The van der Waals surface area contributed by atoms with E-state index in [1.807, 2.05) is 24.3 Å². The molecule has 0 radical (unpaired) electrons. The number of ether oxygens (including phenoxy) is 3. The van der Waals surface area contributed by atoms with Gasteiger partial charge in [-0.1, -0.05) is 38.1 Å². The predicted octanol–water partition coefficient (Wildman–Crippen LogP) is 4.11. The summed E-state index contributed by atoms with van der Waals surface area (Å²) in [6.07, 6.45) is 2.11. The fraction of sp³-hybridized carbons (Fsp3) is 0.381. The minimum atomic E-state index is -0.281. The van der Waals surface area contributed by atoms with Crippen LogP contribution in [0.1, 0.15) is 36.1 Å². The average molecular weight is 342 g/mol. The maximum Gasteiger partial charge on any atom is 0.309 e. The normalized spacial score (nSPS) is 10.4. The Labute approximate surface area is 149 Å². The van der Waals surface area contributed by atoms with Gasteiger partial charge in [-0.05, 0) is 41.7 Å². The molecule has 4 nitrogen and oxygen atoms in total. The Hall–Kier alpha value is -2.49. The molecule has 0 fully saturated rings. The van der Waals surface area contributed by atoms with E-state index in [4.69, 9.17) is 14.2 Å². The van der Waals surface area contributed by atoms with Crippen molar-refractivity contribution in [3.8, 4) is 11.5 Å². The Bertz CT molecular complexity index is 722. The molecule has 25 heavy (non-hydrogen) atoms. The minimum Gasteiger partial charge on any atom is -0.496 e. The molecule has 4 heteroatoms. The Morgan fingerprint density at radius 1 is 0.960 bits per heavy atom. The lowest BCUT2D eigenvalue weighted by atomic mass is 10.0. The molecule has 0 N–H and O–H groups in total. The van der Waals surface area contributed by atoms with Crippen LogP contribution in [-0.4, -0.2) is 20.2 Å². The van der Waals surface area contributed by atoms with Gasteiger partial charge in [0.15, 0.2) is 0 Å². The zero-order valence-electron chi connectivity index (χ0n) is 15.4. The molecule has 2 rings (SSSR count). The maximum atomic E-state index is 11.7. The van der Waals surface area contributed by atoms with Crippen LogP contribution in [0, 0.1) is 0 Å². The highest BCUT2D eigenvalue weighted by Gasteiger charge is 2.14. The van der Waals surface area contributed by atoms with E-state index in [0.717, 1.165) is 29.7 Å². The average Bonchev–Trinajstić information content (AvgIpc) is 2.66. The monoisotopic (exact) mass is 342 g/mol. The highest BCUT2D eigenvalue weighted by Crippen LogP contribution is 2.27. The van der Waals surface area contributed by atoms with Gasteiger partial charge in [0.2, 0.25) is 0 Å². The largest absolute Gasteiger partial charge is 0.496 e. The quantitative estimate of drug-likeness (QED) is 0.677. The number of hydrogen-bond acceptors (Lipinski definition) is 4. The Morgan fingerprint density at radius 3 is 2.40 bits per heavy atom. The van der Waals surface area contributed by atoms with Gasteiger partial charge in [0.1, 0.15) is 18.1 Å². The third-order valence-electron chi connectivity index (χ3n) is 4.30. The second-order valence-corrected chi connectivity index (χ2v) is 5.79. The van der Waals surface area contributed by atoms with E-state index in [0.29, 0.717) is 12.4 Å². The van der Waals surface area contributed by atoms with Crippen LogP contribution in [0.3, 0.4) is 0 Å². The van der Waals surface area contributed by atoms with E-state index >= 15 is 0 Å². The number of aryl methyl sites for hydroxylation is 2. The van der Waals surface area contributed by atoms with Gasteiger partial charge in [-0.3, -0.25) is 4.79 Å². The molecule has 0 heterocycles. The lowest BCUT2D eigenvalue weighted by Gasteiger charge is -2.16. The Morgan fingerprint density at radius 2 is 1.76 bits per heavy atom. The molecule has 0 aromatic heterocycles. The molecule has 134 valence electrons. The van der Waals surface area contributed by atoms with E-state index in [1.165, 1.54) is 18.2 Å². The van der Waals surface area contributed by atoms with Crippen molar-refractivity contribution in [2.75, 3.05) is 14.2 Å². The summed E-state index contributed by atoms with van der Waals surface area (Å²) in [5.41, 5.74) is 4.21. The number of rotatable bonds is 8. The van der Waals surface area contributed by atoms with Crippen LogP contribution in [0.5, 0.6) is 11.5 Å². The van der Waals surface area contributed by atoms with Gasteiger partial charge in [-0.15, -0.1) is 0 Å². The lowest BCUT2D eigenvalue weighted by Crippen LogP contribution is -2.10. The molecule has 2 aromatic rings. The first kappa shape index (κ1) is 18.8. The van der Waals surface area contributed by atoms with Crippen molar-refractivity contribution >= 4 is 5.97 Å². The molecule has 0 aliphatic carbocycles. The summed E-state index contributed by atoms with van der Waals surface area (Å²) in [5.74, 6) is 1.30. The highest BCUT2D eigenvalue weighted by molar-refractivity contribution is 5.73. The van der Waals surface area contributed by atoms with Crippen molar-refractivity contribution in [3.63, 3.8) is 0 Å². The van der Waals surface area contributed by atoms with Crippen LogP contribution in [-0.2, 0) is 35.4 Å². The molecule has 0 saturated carbocycles. The molecule has 0 spiro atoms. The summed E-state index contributed by atoms with van der Waals surface area (Å²) in [7, 11) is 3.01. The van der Waals surface area contributed by atoms with Crippen LogP contribution in [0.25, 0.3) is 0 Å². The van der Waals surface area contributed by atoms with Crippen LogP contribution in [0.4, 0.5) is 0 Å². The highest BCUT2D eigenvalue weighted by atomic mass is 16.5. The molecule has 2 aromatic carbocycles. The summed E-state index contributed by atoms with van der Waals surface area (Å²) in [5, 5.41) is 0. The fourth-order valence-electron chi connectivity index (χ4n) is 2.78. The molecule has 0 saturated heterocycles. The second-order valence-electron chi connectivity index (χ2n) is 5.79. The number of esters is 1. The van der Waals surface area contributed by atoms with Gasteiger partial charge in [-0.2, -0.15) is 0 Å². The number of carbonyl (C=O) groups is 1. The van der Waals surface area contributed by atoms with Crippen molar-refractivity contribution in [2.45, 2.75) is 39.7 Å². The van der Waals surface area contributed by atoms with Crippen molar-refractivity contribution in [1.82, 2.24) is 0 Å². The van der Waals surface area contributed by atoms with E-state index in [2.05, 4.69) is 26.0 Å². The second kappa shape index (κ2) is 9.11. The molecule has 0 bridgehead atoms. The first-order valence-corrected chi connectivity index (χ1v) is 8.59.